The second kappa shape index (κ2) is 6.35. The summed E-state index contributed by atoms with van der Waals surface area (Å²) in [6, 6.07) is 0. The summed E-state index contributed by atoms with van der Waals surface area (Å²) >= 11 is 0. The van der Waals surface area contributed by atoms with E-state index in [1.165, 1.54) is 0 Å². The SMILES string of the molecule is CCN=C(N)N1CCC(CNC(C)=O)CC1. The lowest BCUT2D eigenvalue weighted by atomic mass is 9.97. The molecular formula is C11H22N4O. The summed E-state index contributed by atoms with van der Waals surface area (Å²) in [5, 5.41) is 2.87. The molecule has 0 aromatic rings. The molecule has 1 fully saturated rings. The van der Waals surface area contributed by atoms with Crippen molar-refractivity contribution in [1.29, 1.82) is 0 Å². The molecule has 0 radical (unpaired) electrons. The number of amides is 1. The first-order valence-electron chi connectivity index (χ1n) is 5.92. The molecule has 1 rings (SSSR count). The molecule has 0 aromatic heterocycles. The number of likely N-dealkylation sites (tertiary alicyclic amines) is 1. The molecule has 3 N–H and O–H groups in total. The number of carbonyl (C=O) groups excluding carboxylic acids is 1. The van der Waals surface area contributed by atoms with Crippen LogP contribution in [0.15, 0.2) is 4.99 Å². The van der Waals surface area contributed by atoms with E-state index in [4.69, 9.17) is 5.73 Å². The molecular weight excluding hydrogens is 204 g/mol. The largest absolute Gasteiger partial charge is 0.370 e. The van der Waals surface area contributed by atoms with Gasteiger partial charge in [0.2, 0.25) is 5.91 Å². The fourth-order valence-electron chi connectivity index (χ4n) is 1.92. The van der Waals surface area contributed by atoms with Crippen LogP contribution in [0.2, 0.25) is 0 Å². The van der Waals surface area contributed by atoms with E-state index in [9.17, 15) is 4.79 Å². The first-order chi connectivity index (χ1) is 7.63. The lowest BCUT2D eigenvalue weighted by Crippen LogP contribution is -2.44. The number of carbonyl (C=O) groups is 1. The average Bonchev–Trinajstić information content (AvgIpc) is 2.27. The van der Waals surface area contributed by atoms with Gasteiger partial charge in [0.25, 0.3) is 0 Å². The highest BCUT2D eigenvalue weighted by atomic mass is 16.1. The number of nitrogens with one attached hydrogen (secondary N) is 1. The quantitative estimate of drug-likeness (QED) is 0.532. The molecule has 1 heterocycles. The summed E-state index contributed by atoms with van der Waals surface area (Å²) in [4.78, 5) is 17.1. The van der Waals surface area contributed by atoms with Crippen molar-refractivity contribution < 1.29 is 4.79 Å². The first-order valence-corrected chi connectivity index (χ1v) is 5.92. The summed E-state index contributed by atoms with van der Waals surface area (Å²) in [6.45, 7) is 6.95. The molecule has 16 heavy (non-hydrogen) atoms. The van der Waals surface area contributed by atoms with Crippen LogP contribution >= 0.6 is 0 Å². The number of rotatable bonds is 3. The highest BCUT2D eigenvalue weighted by Gasteiger charge is 2.20. The van der Waals surface area contributed by atoms with Gasteiger partial charge in [0.05, 0.1) is 0 Å². The van der Waals surface area contributed by atoms with Crippen LogP contribution in [0, 0.1) is 5.92 Å². The van der Waals surface area contributed by atoms with E-state index in [2.05, 4.69) is 15.2 Å². The average molecular weight is 226 g/mol. The Kier molecular flexibility index (Phi) is 5.08. The molecule has 0 unspecified atom stereocenters. The van der Waals surface area contributed by atoms with Gasteiger partial charge in [-0.25, -0.2) is 0 Å². The van der Waals surface area contributed by atoms with Crippen molar-refractivity contribution in [2.75, 3.05) is 26.2 Å². The summed E-state index contributed by atoms with van der Waals surface area (Å²) in [5.41, 5.74) is 5.83. The molecule has 0 bridgehead atoms. The second-order valence-electron chi connectivity index (χ2n) is 4.20. The Labute approximate surface area is 97.1 Å². The van der Waals surface area contributed by atoms with E-state index in [0.29, 0.717) is 11.9 Å². The number of nitrogens with two attached hydrogens (primary N) is 1. The summed E-state index contributed by atoms with van der Waals surface area (Å²) in [5.74, 6) is 1.28. The van der Waals surface area contributed by atoms with E-state index in [1.807, 2.05) is 6.92 Å². The molecule has 1 aliphatic rings. The van der Waals surface area contributed by atoms with E-state index in [-0.39, 0.29) is 5.91 Å². The molecule has 92 valence electrons. The third-order valence-corrected chi connectivity index (χ3v) is 2.90. The fourth-order valence-corrected chi connectivity index (χ4v) is 1.92. The minimum Gasteiger partial charge on any atom is -0.370 e. The predicted octanol–water partition coefficient (Wildman–Crippen LogP) is 0.169. The normalized spacial score (nSPS) is 18.6. The number of guanidine groups is 1. The van der Waals surface area contributed by atoms with E-state index >= 15 is 0 Å². The Morgan fingerprint density at radius 2 is 2.12 bits per heavy atom. The highest BCUT2D eigenvalue weighted by Crippen LogP contribution is 2.15. The molecule has 1 aliphatic heterocycles. The topological polar surface area (TPSA) is 70.7 Å². The lowest BCUT2D eigenvalue weighted by Gasteiger charge is -2.32. The molecule has 5 nitrogen and oxygen atoms in total. The third-order valence-electron chi connectivity index (χ3n) is 2.90. The molecule has 0 atom stereocenters. The number of nitrogens with zero attached hydrogens (tertiary/aromatic N) is 2. The van der Waals surface area contributed by atoms with Crippen molar-refractivity contribution in [3.63, 3.8) is 0 Å². The maximum Gasteiger partial charge on any atom is 0.216 e. The number of piperidine rings is 1. The number of hydrogen-bond acceptors (Lipinski definition) is 2. The summed E-state index contributed by atoms with van der Waals surface area (Å²) in [7, 11) is 0. The Morgan fingerprint density at radius 1 is 1.50 bits per heavy atom. The summed E-state index contributed by atoms with van der Waals surface area (Å²) in [6.07, 6.45) is 2.14. The van der Waals surface area contributed by atoms with Crippen LogP contribution in [0.25, 0.3) is 0 Å². The maximum atomic E-state index is 10.8. The van der Waals surface area contributed by atoms with Crippen LogP contribution in [-0.2, 0) is 4.79 Å². The van der Waals surface area contributed by atoms with Gasteiger partial charge in [-0.15, -0.1) is 0 Å². The standard InChI is InChI=1S/C11H22N4O/c1-3-13-11(12)15-6-4-10(5-7-15)8-14-9(2)16/h10H,3-8H2,1-2H3,(H2,12,13)(H,14,16). The molecule has 1 saturated heterocycles. The van der Waals surface area contributed by atoms with Crippen LogP contribution in [0.1, 0.15) is 26.7 Å². The van der Waals surface area contributed by atoms with Gasteiger partial charge in [-0.1, -0.05) is 0 Å². The van der Waals surface area contributed by atoms with Crippen LogP contribution in [0.3, 0.4) is 0 Å². The molecule has 0 aliphatic carbocycles. The van der Waals surface area contributed by atoms with Crippen molar-refractivity contribution in [1.82, 2.24) is 10.2 Å². The van der Waals surface area contributed by atoms with Gasteiger partial charge < -0.3 is 16.0 Å². The van der Waals surface area contributed by atoms with Gasteiger partial charge in [-0.05, 0) is 25.7 Å². The highest BCUT2D eigenvalue weighted by molar-refractivity contribution is 5.78. The Balaban J connectivity index is 2.28. The van der Waals surface area contributed by atoms with Crippen molar-refractivity contribution in [2.24, 2.45) is 16.6 Å². The van der Waals surface area contributed by atoms with Gasteiger partial charge >= 0.3 is 0 Å². The van der Waals surface area contributed by atoms with Gasteiger partial charge in [0, 0.05) is 33.1 Å². The van der Waals surface area contributed by atoms with Gasteiger partial charge in [-0.3, -0.25) is 9.79 Å². The Bertz CT molecular complexity index is 257. The van der Waals surface area contributed by atoms with Crippen LogP contribution in [-0.4, -0.2) is 42.9 Å². The molecule has 0 spiro atoms. The minimum atomic E-state index is 0.0505. The fraction of sp³-hybridized carbons (Fsp3) is 0.818. The molecule has 5 heteroatoms. The monoisotopic (exact) mass is 226 g/mol. The van der Waals surface area contributed by atoms with Crippen LogP contribution in [0.5, 0.6) is 0 Å². The summed E-state index contributed by atoms with van der Waals surface area (Å²) < 4.78 is 0. The Hall–Kier alpha value is -1.26. The van der Waals surface area contributed by atoms with Gasteiger partial charge in [0.1, 0.15) is 0 Å². The molecule has 1 amide bonds. The van der Waals surface area contributed by atoms with E-state index in [1.54, 1.807) is 6.92 Å². The van der Waals surface area contributed by atoms with Gasteiger partial charge in [0.15, 0.2) is 5.96 Å². The van der Waals surface area contributed by atoms with Crippen LogP contribution in [0.4, 0.5) is 0 Å². The second-order valence-corrected chi connectivity index (χ2v) is 4.20. The van der Waals surface area contributed by atoms with Crippen molar-refractivity contribution in [3.8, 4) is 0 Å². The van der Waals surface area contributed by atoms with E-state index in [0.717, 1.165) is 39.0 Å². The molecule has 0 aromatic carbocycles. The number of aliphatic imine (C=N–C) groups is 1. The third kappa shape index (κ3) is 4.08. The number of hydrogen-bond donors (Lipinski definition) is 2. The predicted molar refractivity (Wildman–Crippen MR) is 65.1 cm³/mol. The molecule has 0 saturated carbocycles. The van der Waals surface area contributed by atoms with Gasteiger partial charge in [-0.2, -0.15) is 0 Å². The first kappa shape index (κ1) is 12.8. The minimum absolute atomic E-state index is 0.0505. The maximum absolute atomic E-state index is 10.8. The zero-order valence-electron chi connectivity index (χ0n) is 10.2. The van der Waals surface area contributed by atoms with Crippen molar-refractivity contribution >= 4 is 11.9 Å². The lowest BCUT2D eigenvalue weighted by molar-refractivity contribution is -0.119. The Morgan fingerprint density at radius 3 is 2.62 bits per heavy atom. The van der Waals surface area contributed by atoms with E-state index < -0.39 is 0 Å². The zero-order chi connectivity index (χ0) is 12.0. The smallest absolute Gasteiger partial charge is 0.216 e. The zero-order valence-corrected chi connectivity index (χ0v) is 10.2. The van der Waals surface area contributed by atoms with Crippen molar-refractivity contribution in [3.05, 3.63) is 0 Å². The van der Waals surface area contributed by atoms with Crippen molar-refractivity contribution in [2.45, 2.75) is 26.7 Å². The van der Waals surface area contributed by atoms with Crippen LogP contribution < -0.4 is 11.1 Å².